The Kier molecular flexibility index (Phi) is 3.70. The number of hydrogen-bond acceptors (Lipinski definition) is 3. The van der Waals surface area contributed by atoms with Crippen LogP contribution in [0.2, 0.25) is 0 Å². The summed E-state index contributed by atoms with van der Waals surface area (Å²) in [6, 6.07) is 2.70. The molecule has 0 saturated heterocycles. The van der Waals surface area contributed by atoms with Gasteiger partial charge in [0, 0.05) is 0 Å². The van der Waals surface area contributed by atoms with Gasteiger partial charge in [0.25, 0.3) is 0 Å². The molecule has 5 rings (SSSR count). The summed E-state index contributed by atoms with van der Waals surface area (Å²) in [6.07, 6.45) is 6.17. The number of carbonyl (C=O) groups excluding carboxylic acids is 2. The van der Waals surface area contributed by atoms with Crippen molar-refractivity contribution in [2.24, 2.45) is 23.2 Å². The lowest BCUT2D eigenvalue weighted by atomic mass is 9.49. The van der Waals surface area contributed by atoms with Crippen LogP contribution >= 0.6 is 0 Å². The Hall–Kier alpha value is -1.78. The number of halogens is 2. The number of hydrogen-bond donors (Lipinski definition) is 0. The average molecular weight is 334 g/mol. The first-order chi connectivity index (χ1) is 11.4. The van der Waals surface area contributed by atoms with E-state index >= 15 is 0 Å². The zero-order valence-corrected chi connectivity index (χ0v) is 13.4. The zero-order chi connectivity index (χ0) is 16.9. The molecule has 0 amide bonds. The molecule has 0 heterocycles. The molecule has 4 saturated carbocycles. The summed E-state index contributed by atoms with van der Waals surface area (Å²) in [5, 5.41) is 0. The van der Waals surface area contributed by atoms with Crippen molar-refractivity contribution >= 4 is 11.8 Å². The van der Waals surface area contributed by atoms with Crippen molar-refractivity contribution in [1.82, 2.24) is 0 Å². The maximum Gasteiger partial charge on any atom is 0.312 e. The van der Waals surface area contributed by atoms with E-state index in [1.807, 2.05) is 0 Å². The van der Waals surface area contributed by atoms with Gasteiger partial charge in [-0.15, -0.1) is 0 Å². The Labute approximate surface area is 139 Å². The summed E-state index contributed by atoms with van der Waals surface area (Å²) in [6.45, 7) is -0.527. The Balaban J connectivity index is 1.43. The van der Waals surface area contributed by atoms with Crippen molar-refractivity contribution in [3.05, 3.63) is 35.4 Å². The van der Waals surface area contributed by atoms with E-state index in [-0.39, 0.29) is 11.5 Å². The lowest BCUT2D eigenvalue weighted by Gasteiger charge is -2.55. The van der Waals surface area contributed by atoms with Crippen molar-refractivity contribution in [2.75, 3.05) is 6.61 Å². The number of benzene rings is 1. The lowest BCUT2D eigenvalue weighted by Crippen LogP contribution is -2.50. The zero-order valence-electron chi connectivity index (χ0n) is 13.4. The van der Waals surface area contributed by atoms with Crippen LogP contribution in [0.3, 0.4) is 0 Å². The van der Waals surface area contributed by atoms with E-state index in [0.29, 0.717) is 17.8 Å². The summed E-state index contributed by atoms with van der Waals surface area (Å²) in [5.41, 5.74) is -0.816. The second-order valence-corrected chi connectivity index (χ2v) is 7.82. The Bertz CT molecular complexity index is 663. The Morgan fingerprint density at radius 2 is 1.62 bits per heavy atom. The van der Waals surface area contributed by atoms with Crippen molar-refractivity contribution in [2.45, 2.75) is 38.5 Å². The van der Waals surface area contributed by atoms with E-state index in [1.165, 1.54) is 19.3 Å². The number of esters is 1. The highest BCUT2D eigenvalue weighted by molar-refractivity contribution is 5.98. The smallest absolute Gasteiger partial charge is 0.312 e. The van der Waals surface area contributed by atoms with Gasteiger partial charge in [-0.2, -0.15) is 0 Å². The van der Waals surface area contributed by atoms with Crippen LogP contribution < -0.4 is 0 Å². The molecule has 1 aromatic carbocycles. The van der Waals surface area contributed by atoms with Gasteiger partial charge in [-0.3, -0.25) is 9.59 Å². The molecule has 1 aromatic rings. The predicted molar refractivity (Wildman–Crippen MR) is 82.3 cm³/mol. The third kappa shape index (κ3) is 2.64. The molecule has 4 aliphatic rings. The third-order valence-electron chi connectivity index (χ3n) is 6.03. The van der Waals surface area contributed by atoms with Crippen LogP contribution in [-0.2, 0) is 9.53 Å². The van der Waals surface area contributed by atoms with Gasteiger partial charge in [-0.05, 0) is 74.5 Å². The molecular formula is C19H20F2O3. The highest BCUT2D eigenvalue weighted by atomic mass is 19.1. The molecule has 3 nitrogen and oxygen atoms in total. The molecule has 0 atom stereocenters. The molecule has 0 N–H and O–H groups in total. The minimum atomic E-state index is -0.799. The van der Waals surface area contributed by atoms with E-state index < -0.39 is 29.4 Å². The summed E-state index contributed by atoms with van der Waals surface area (Å²) in [7, 11) is 0. The first kappa shape index (κ1) is 15.7. The van der Waals surface area contributed by atoms with Gasteiger partial charge in [0.1, 0.15) is 11.6 Å². The molecular weight excluding hydrogens is 314 g/mol. The largest absolute Gasteiger partial charge is 0.457 e. The maximum absolute atomic E-state index is 13.6. The molecule has 0 unspecified atom stereocenters. The predicted octanol–water partition coefficient (Wildman–Crippen LogP) is 3.91. The SMILES string of the molecule is O=C(COC(=O)C12CC3CC(CC(C3)C1)C2)c1cc(F)ccc1F. The molecule has 0 radical (unpaired) electrons. The average Bonchev–Trinajstić information content (AvgIpc) is 2.53. The number of rotatable bonds is 4. The fourth-order valence-corrected chi connectivity index (χ4v) is 5.43. The first-order valence-electron chi connectivity index (χ1n) is 8.61. The number of carbonyl (C=O) groups is 2. The number of Topliss-reactive ketones (excluding diaryl/α,β-unsaturated/α-hetero) is 1. The van der Waals surface area contributed by atoms with Gasteiger partial charge < -0.3 is 4.74 Å². The van der Waals surface area contributed by atoms with Crippen LogP contribution in [0.25, 0.3) is 0 Å². The molecule has 0 aromatic heterocycles. The van der Waals surface area contributed by atoms with E-state index in [2.05, 4.69) is 0 Å². The topological polar surface area (TPSA) is 43.4 Å². The van der Waals surface area contributed by atoms with Crippen LogP contribution in [0.1, 0.15) is 48.9 Å². The number of ether oxygens (including phenoxy) is 1. The van der Waals surface area contributed by atoms with Crippen LogP contribution in [-0.4, -0.2) is 18.4 Å². The normalized spacial score (nSPS) is 33.5. The van der Waals surface area contributed by atoms with Crippen LogP contribution in [0.4, 0.5) is 8.78 Å². The molecule has 24 heavy (non-hydrogen) atoms. The third-order valence-corrected chi connectivity index (χ3v) is 6.03. The van der Waals surface area contributed by atoms with Gasteiger partial charge in [-0.1, -0.05) is 0 Å². The molecule has 4 fully saturated rings. The second-order valence-electron chi connectivity index (χ2n) is 7.82. The number of ketones is 1. The summed E-state index contributed by atoms with van der Waals surface area (Å²) in [5.74, 6) is -0.725. The van der Waals surface area contributed by atoms with Gasteiger partial charge in [-0.25, -0.2) is 8.78 Å². The minimum absolute atomic E-state index is 0.327. The van der Waals surface area contributed by atoms with Crippen molar-refractivity contribution in [3.8, 4) is 0 Å². The summed E-state index contributed by atoms with van der Waals surface area (Å²) < 4.78 is 32.1. The standard InChI is InChI=1S/C19H20F2O3/c20-14-1-2-16(21)15(6-14)17(22)10-24-18(23)19-7-11-3-12(8-19)5-13(4-11)9-19/h1-2,6,11-13H,3-5,7-10H2. The summed E-state index contributed by atoms with van der Waals surface area (Å²) in [4.78, 5) is 24.7. The molecule has 4 aliphatic carbocycles. The van der Waals surface area contributed by atoms with E-state index in [1.54, 1.807) is 0 Å². The molecule has 4 bridgehead atoms. The maximum atomic E-state index is 13.6. The van der Waals surface area contributed by atoms with E-state index in [0.717, 1.165) is 37.5 Å². The Morgan fingerprint density at radius 1 is 1.04 bits per heavy atom. The fourth-order valence-electron chi connectivity index (χ4n) is 5.43. The minimum Gasteiger partial charge on any atom is -0.457 e. The second kappa shape index (κ2) is 5.64. The monoisotopic (exact) mass is 334 g/mol. The molecule has 5 heteroatoms. The molecule has 128 valence electrons. The lowest BCUT2D eigenvalue weighted by molar-refractivity contribution is -0.170. The first-order valence-corrected chi connectivity index (χ1v) is 8.61. The fraction of sp³-hybridized carbons (Fsp3) is 0.579. The van der Waals surface area contributed by atoms with E-state index in [4.69, 9.17) is 4.74 Å². The molecule has 0 spiro atoms. The molecule has 0 aliphatic heterocycles. The summed E-state index contributed by atoms with van der Waals surface area (Å²) >= 11 is 0. The van der Waals surface area contributed by atoms with Gasteiger partial charge in [0.15, 0.2) is 6.61 Å². The quantitative estimate of drug-likeness (QED) is 0.619. The van der Waals surface area contributed by atoms with Crippen molar-refractivity contribution < 1.29 is 23.1 Å². The van der Waals surface area contributed by atoms with Crippen molar-refractivity contribution in [3.63, 3.8) is 0 Å². The Morgan fingerprint density at radius 3 is 2.21 bits per heavy atom. The highest BCUT2D eigenvalue weighted by Crippen LogP contribution is 2.60. The highest BCUT2D eigenvalue weighted by Gasteiger charge is 2.55. The van der Waals surface area contributed by atoms with E-state index in [9.17, 15) is 18.4 Å². The van der Waals surface area contributed by atoms with Crippen molar-refractivity contribution in [1.29, 1.82) is 0 Å². The van der Waals surface area contributed by atoms with Crippen LogP contribution in [0.5, 0.6) is 0 Å². The van der Waals surface area contributed by atoms with Gasteiger partial charge in [0.2, 0.25) is 5.78 Å². The van der Waals surface area contributed by atoms with Crippen LogP contribution in [0.15, 0.2) is 18.2 Å². The van der Waals surface area contributed by atoms with Crippen LogP contribution in [0, 0.1) is 34.8 Å². The van der Waals surface area contributed by atoms with Gasteiger partial charge in [0.05, 0.1) is 11.0 Å². The van der Waals surface area contributed by atoms with Gasteiger partial charge >= 0.3 is 5.97 Å².